The maximum absolute atomic E-state index is 4.93. The van der Waals surface area contributed by atoms with Crippen molar-refractivity contribution in [3.05, 3.63) is 23.8 Å². The summed E-state index contributed by atoms with van der Waals surface area (Å²) in [4.78, 5) is 4.93. The molecule has 138 valence electrons. The highest BCUT2D eigenvalue weighted by atomic mass is 32.2. The van der Waals surface area contributed by atoms with E-state index in [1.54, 1.807) is 11.9 Å². The zero-order valence-corrected chi connectivity index (χ0v) is 17.8. The van der Waals surface area contributed by atoms with Crippen molar-refractivity contribution in [2.75, 3.05) is 0 Å². The van der Waals surface area contributed by atoms with Gasteiger partial charge in [0.05, 0.1) is 10.2 Å². The maximum Gasteiger partial charge on any atom is 0.166 e. The Morgan fingerprint density at radius 1 is 1.16 bits per heavy atom. The van der Waals surface area contributed by atoms with Gasteiger partial charge < -0.3 is 0 Å². The summed E-state index contributed by atoms with van der Waals surface area (Å²) >= 11 is 3.60. The maximum atomic E-state index is 4.93. The van der Waals surface area contributed by atoms with Gasteiger partial charge in [0.1, 0.15) is 0 Å². The summed E-state index contributed by atoms with van der Waals surface area (Å²) in [7, 11) is 0. The second kappa shape index (κ2) is 8.41. The monoisotopic (exact) mass is 376 g/mol. The van der Waals surface area contributed by atoms with Crippen LogP contribution in [0.2, 0.25) is 0 Å². The molecule has 2 unspecified atom stereocenters. The van der Waals surface area contributed by atoms with Gasteiger partial charge in [-0.1, -0.05) is 53.2 Å². The SMILES string of the molecule is CCc1cccc2sc(SNC3C(C(C)C)CCCC3C(C)C)nc12. The predicted octanol–water partition coefficient (Wildman–Crippen LogP) is 6.55. The van der Waals surface area contributed by atoms with E-state index in [1.165, 1.54) is 35.0 Å². The molecule has 1 heterocycles. The summed E-state index contributed by atoms with van der Waals surface area (Å²) < 4.78 is 6.34. The summed E-state index contributed by atoms with van der Waals surface area (Å²) in [5.74, 6) is 3.02. The molecule has 1 N–H and O–H groups in total. The largest absolute Gasteiger partial charge is 0.254 e. The highest BCUT2D eigenvalue weighted by Crippen LogP contribution is 2.40. The lowest BCUT2D eigenvalue weighted by atomic mass is 9.69. The number of hydrogen-bond acceptors (Lipinski definition) is 4. The third-order valence-electron chi connectivity index (χ3n) is 5.86. The number of aryl methyl sites for hydroxylation is 1. The molecule has 0 aliphatic heterocycles. The van der Waals surface area contributed by atoms with Gasteiger partial charge in [-0.25, -0.2) is 4.98 Å². The second-order valence-electron chi connectivity index (χ2n) is 8.09. The van der Waals surface area contributed by atoms with E-state index in [0.29, 0.717) is 6.04 Å². The van der Waals surface area contributed by atoms with E-state index >= 15 is 0 Å². The van der Waals surface area contributed by atoms with Crippen LogP contribution in [0.4, 0.5) is 0 Å². The fourth-order valence-electron chi connectivity index (χ4n) is 4.37. The van der Waals surface area contributed by atoms with Crippen LogP contribution in [0.15, 0.2) is 22.5 Å². The number of rotatable bonds is 6. The van der Waals surface area contributed by atoms with Crippen molar-refractivity contribution in [2.45, 2.75) is 70.7 Å². The molecule has 1 aromatic heterocycles. The standard InChI is InChI=1S/C21H32N2S2/c1-6-15-9-7-12-18-19(15)22-21(24-18)25-23-20-16(13(2)3)10-8-11-17(20)14(4)5/h7,9,12-14,16-17,20,23H,6,8,10-11H2,1-5H3. The first-order valence-electron chi connectivity index (χ1n) is 9.82. The summed E-state index contributed by atoms with van der Waals surface area (Å²) in [6, 6.07) is 7.15. The average Bonchev–Trinajstić information content (AvgIpc) is 3.02. The van der Waals surface area contributed by atoms with E-state index in [4.69, 9.17) is 4.98 Å². The lowest BCUT2D eigenvalue weighted by Gasteiger charge is -2.42. The van der Waals surface area contributed by atoms with Gasteiger partial charge in [-0.15, -0.1) is 11.3 Å². The van der Waals surface area contributed by atoms with Gasteiger partial charge in [-0.2, -0.15) is 0 Å². The molecular formula is C21H32N2S2. The van der Waals surface area contributed by atoms with E-state index in [1.807, 2.05) is 11.3 Å². The molecule has 0 spiro atoms. The van der Waals surface area contributed by atoms with Gasteiger partial charge in [-0.05, 0) is 66.5 Å². The lowest BCUT2D eigenvalue weighted by Crippen LogP contribution is -2.45. The number of aromatic nitrogens is 1. The minimum atomic E-state index is 0.594. The summed E-state index contributed by atoms with van der Waals surface area (Å²) in [5, 5.41) is 0. The minimum absolute atomic E-state index is 0.594. The molecule has 1 aliphatic rings. The molecule has 0 bridgehead atoms. The third-order valence-corrected chi connectivity index (χ3v) is 7.83. The quantitative estimate of drug-likeness (QED) is 0.578. The van der Waals surface area contributed by atoms with Crippen LogP contribution in [0.1, 0.15) is 59.4 Å². The van der Waals surface area contributed by atoms with Gasteiger partial charge in [-0.3, -0.25) is 4.72 Å². The van der Waals surface area contributed by atoms with Crippen LogP contribution in [-0.4, -0.2) is 11.0 Å². The van der Waals surface area contributed by atoms with Crippen molar-refractivity contribution < 1.29 is 0 Å². The van der Waals surface area contributed by atoms with Crippen LogP contribution < -0.4 is 4.72 Å². The van der Waals surface area contributed by atoms with Crippen LogP contribution >= 0.6 is 23.3 Å². The van der Waals surface area contributed by atoms with Gasteiger partial charge >= 0.3 is 0 Å². The van der Waals surface area contributed by atoms with Gasteiger partial charge in [0.15, 0.2) is 4.34 Å². The Morgan fingerprint density at radius 3 is 2.44 bits per heavy atom. The summed E-state index contributed by atoms with van der Waals surface area (Å²) in [6.07, 6.45) is 5.15. The minimum Gasteiger partial charge on any atom is -0.254 e. The molecule has 1 saturated carbocycles. The van der Waals surface area contributed by atoms with E-state index in [2.05, 4.69) is 57.5 Å². The molecule has 0 radical (unpaired) electrons. The molecule has 2 atom stereocenters. The van der Waals surface area contributed by atoms with Crippen LogP contribution in [0, 0.1) is 23.7 Å². The first kappa shape index (κ1) is 19.2. The molecule has 4 heteroatoms. The predicted molar refractivity (Wildman–Crippen MR) is 112 cm³/mol. The van der Waals surface area contributed by atoms with E-state index < -0.39 is 0 Å². The number of thiazole rings is 1. The smallest absolute Gasteiger partial charge is 0.166 e. The number of fused-ring (bicyclic) bond motifs is 1. The van der Waals surface area contributed by atoms with Crippen LogP contribution in [0.3, 0.4) is 0 Å². The van der Waals surface area contributed by atoms with Gasteiger partial charge in [0.25, 0.3) is 0 Å². The van der Waals surface area contributed by atoms with Crippen molar-refractivity contribution in [3.8, 4) is 0 Å². The molecule has 1 aromatic carbocycles. The van der Waals surface area contributed by atoms with Gasteiger partial charge in [0.2, 0.25) is 0 Å². The average molecular weight is 377 g/mol. The normalized spacial score (nSPS) is 24.5. The molecule has 0 saturated heterocycles. The Kier molecular flexibility index (Phi) is 6.45. The number of hydrogen-bond donors (Lipinski definition) is 1. The number of nitrogens with zero attached hydrogens (tertiary/aromatic N) is 1. The Hall–Kier alpha value is -0.580. The number of para-hydroxylation sites is 1. The number of benzene rings is 1. The molecule has 0 amide bonds. The molecule has 2 aromatic rings. The Bertz CT molecular complexity index is 676. The van der Waals surface area contributed by atoms with Crippen molar-refractivity contribution in [1.82, 2.24) is 9.71 Å². The zero-order valence-electron chi connectivity index (χ0n) is 16.2. The van der Waals surface area contributed by atoms with E-state index in [9.17, 15) is 0 Å². The first-order chi connectivity index (χ1) is 12.0. The third kappa shape index (κ3) is 4.23. The fraction of sp³-hybridized carbons (Fsp3) is 0.667. The van der Waals surface area contributed by atoms with Gasteiger partial charge in [0, 0.05) is 6.04 Å². The van der Waals surface area contributed by atoms with Crippen molar-refractivity contribution in [3.63, 3.8) is 0 Å². The fourth-order valence-corrected chi connectivity index (χ4v) is 6.42. The van der Waals surface area contributed by atoms with Crippen LogP contribution in [-0.2, 0) is 6.42 Å². The molecule has 1 aliphatic carbocycles. The van der Waals surface area contributed by atoms with Crippen molar-refractivity contribution in [2.24, 2.45) is 23.7 Å². The first-order valence-corrected chi connectivity index (χ1v) is 11.4. The zero-order chi connectivity index (χ0) is 18.0. The second-order valence-corrected chi connectivity index (χ2v) is 10.2. The van der Waals surface area contributed by atoms with Crippen LogP contribution in [0.25, 0.3) is 10.2 Å². The molecule has 2 nitrogen and oxygen atoms in total. The highest BCUT2D eigenvalue weighted by Gasteiger charge is 2.36. The molecule has 3 rings (SSSR count). The van der Waals surface area contributed by atoms with Crippen LogP contribution in [0.5, 0.6) is 0 Å². The summed E-state index contributed by atoms with van der Waals surface area (Å²) in [5.41, 5.74) is 2.56. The topological polar surface area (TPSA) is 24.9 Å². The van der Waals surface area contributed by atoms with E-state index in [-0.39, 0.29) is 0 Å². The van der Waals surface area contributed by atoms with Crippen molar-refractivity contribution >= 4 is 33.5 Å². The molecule has 25 heavy (non-hydrogen) atoms. The highest BCUT2D eigenvalue weighted by molar-refractivity contribution is 7.99. The lowest BCUT2D eigenvalue weighted by molar-refractivity contribution is 0.132. The molecular weight excluding hydrogens is 344 g/mol. The Balaban J connectivity index is 1.77. The summed E-state index contributed by atoms with van der Waals surface area (Å²) in [6.45, 7) is 11.8. The van der Waals surface area contributed by atoms with Crippen molar-refractivity contribution in [1.29, 1.82) is 0 Å². The Labute approximate surface area is 161 Å². The molecule has 1 fully saturated rings. The van der Waals surface area contributed by atoms with E-state index in [0.717, 1.165) is 34.4 Å². The number of nitrogens with one attached hydrogen (secondary N) is 1. The Morgan fingerprint density at radius 2 is 1.84 bits per heavy atom.